The van der Waals surface area contributed by atoms with Crippen LogP contribution in [0.3, 0.4) is 0 Å². The molecule has 1 fully saturated rings. The molecule has 1 aromatic carbocycles. The fraction of sp³-hybridized carbons (Fsp3) is 0.571. The highest BCUT2D eigenvalue weighted by Gasteiger charge is 2.23. The van der Waals surface area contributed by atoms with Crippen LogP contribution in [0.25, 0.3) is 0 Å². The highest BCUT2D eigenvalue weighted by molar-refractivity contribution is 6.30. The van der Waals surface area contributed by atoms with Crippen LogP contribution in [0.4, 0.5) is 5.69 Å². The van der Waals surface area contributed by atoms with Gasteiger partial charge >= 0.3 is 0 Å². The molecular formula is C14H20ClNO. The van der Waals surface area contributed by atoms with Crippen molar-refractivity contribution in [3.8, 4) is 0 Å². The fourth-order valence-corrected chi connectivity index (χ4v) is 2.95. The second kappa shape index (κ2) is 5.74. The molecule has 1 saturated carbocycles. The van der Waals surface area contributed by atoms with E-state index in [1.807, 2.05) is 18.2 Å². The Morgan fingerprint density at radius 3 is 2.65 bits per heavy atom. The molecule has 1 aliphatic rings. The molecule has 0 unspecified atom stereocenters. The Balaban J connectivity index is 2.31. The van der Waals surface area contributed by atoms with Crippen molar-refractivity contribution in [1.82, 2.24) is 0 Å². The van der Waals surface area contributed by atoms with Gasteiger partial charge < -0.3 is 10.0 Å². The molecule has 17 heavy (non-hydrogen) atoms. The zero-order valence-corrected chi connectivity index (χ0v) is 11.1. The summed E-state index contributed by atoms with van der Waals surface area (Å²) in [5.74, 6) is 0. The van der Waals surface area contributed by atoms with Crippen LogP contribution in [0, 0.1) is 0 Å². The van der Waals surface area contributed by atoms with Crippen LogP contribution in [0.2, 0.25) is 5.02 Å². The molecule has 0 heterocycles. The van der Waals surface area contributed by atoms with E-state index in [0.29, 0.717) is 6.04 Å². The first-order chi connectivity index (χ1) is 8.26. The average molecular weight is 254 g/mol. The first kappa shape index (κ1) is 12.7. The molecule has 1 aromatic rings. The Labute approximate surface area is 108 Å². The zero-order chi connectivity index (χ0) is 12.3. The van der Waals surface area contributed by atoms with E-state index in [1.54, 1.807) is 0 Å². The first-order valence-corrected chi connectivity index (χ1v) is 6.80. The topological polar surface area (TPSA) is 23.5 Å². The van der Waals surface area contributed by atoms with E-state index in [2.05, 4.69) is 11.8 Å². The normalized spacial score (nSPS) is 16.4. The minimum Gasteiger partial charge on any atom is -0.392 e. The summed E-state index contributed by atoms with van der Waals surface area (Å²) >= 11 is 6.07. The smallest absolute Gasteiger partial charge is 0.0702 e. The Kier molecular flexibility index (Phi) is 4.30. The van der Waals surface area contributed by atoms with Crippen LogP contribution >= 0.6 is 11.6 Å². The van der Waals surface area contributed by atoms with E-state index >= 15 is 0 Å². The Morgan fingerprint density at radius 1 is 1.35 bits per heavy atom. The minimum absolute atomic E-state index is 0.0791. The lowest BCUT2D eigenvalue weighted by molar-refractivity contribution is 0.282. The van der Waals surface area contributed by atoms with E-state index in [-0.39, 0.29) is 6.61 Å². The van der Waals surface area contributed by atoms with Gasteiger partial charge in [-0.25, -0.2) is 0 Å². The van der Waals surface area contributed by atoms with Crippen molar-refractivity contribution in [3.05, 3.63) is 28.8 Å². The highest BCUT2D eigenvalue weighted by atomic mass is 35.5. The quantitative estimate of drug-likeness (QED) is 0.886. The molecule has 94 valence electrons. The van der Waals surface area contributed by atoms with Gasteiger partial charge in [-0.1, -0.05) is 30.5 Å². The largest absolute Gasteiger partial charge is 0.392 e. The highest BCUT2D eigenvalue weighted by Crippen LogP contribution is 2.32. The summed E-state index contributed by atoms with van der Waals surface area (Å²) in [5.41, 5.74) is 2.08. The monoisotopic (exact) mass is 253 g/mol. The van der Waals surface area contributed by atoms with Gasteiger partial charge in [0.25, 0.3) is 0 Å². The van der Waals surface area contributed by atoms with E-state index in [4.69, 9.17) is 11.6 Å². The zero-order valence-electron chi connectivity index (χ0n) is 10.3. The number of rotatable bonds is 4. The van der Waals surface area contributed by atoms with Crippen LogP contribution in [0.15, 0.2) is 18.2 Å². The van der Waals surface area contributed by atoms with E-state index < -0.39 is 0 Å². The maximum atomic E-state index is 9.43. The molecule has 0 saturated heterocycles. The lowest BCUT2D eigenvalue weighted by Crippen LogP contribution is -2.33. The van der Waals surface area contributed by atoms with E-state index in [9.17, 15) is 5.11 Å². The van der Waals surface area contributed by atoms with Gasteiger partial charge in [0.05, 0.1) is 6.61 Å². The summed E-state index contributed by atoms with van der Waals surface area (Å²) < 4.78 is 0. The molecule has 3 heteroatoms. The molecule has 0 aliphatic heterocycles. The molecule has 1 aliphatic carbocycles. The van der Waals surface area contributed by atoms with Crippen molar-refractivity contribution >= 4 is 17.3 Å². The number of halogens is 1. The van der Waals surface area contributed by atoms with Crippen molar-refractivity contribution in [1.29, 1.82) is 0 Å². The lowest BCUT2D eigenvalue weighted by atomic mass is 10.1. The van der Waals surface area contributed by atoms with Gasteiger partial charge in [0.1, 0.15) is 0 Å². The molecule has 2 rings (SSSR count). The maximum absolute atomic E-state index is 9.43. The SMILES string of the molecule is CCN(c1cc(Cl)ccc1CO)C1CCCC1. The van der Waals surface area contributed by atoms with Crippen LogP contribution in [0.5, 0.6) is 0 Å². The maximum Gasteiger partial charge on any atom is 0.0702 e. The van der Waals surface area contributed by atoms with Crippen LogP contribution in [-0.4, -0.2) is 17.7 Å². The van der Waals surface area contributed by atoms with Gasteiger partial charge in [-0.2, -0.15) is 0 Å². The fourth-order valence-electron chi connectivity index (χ4n) is 2.78. The van der Waals surface area contributed by atoms with Crippen molar-refractivity contribution in [2.75, 3.05) is 11.4 Å². The summed E-state index contributed by atoms with van der Waals surface area (Å²) in [5, 5.41) is 10.2. The molecule has 0 radical (unpaired) electrons. The summed E-state index contributed by atoms with van der Waals surface area (Å²) in [6.45, 7) is 3.22. The predicted molar refractivity (Wildman–Crippen MR) is 72.7 cm³/mol. The molecule has 0 bridgehead atoms. The average Bonchev–Trinajstić information content (AvgIpc) is 2.84. The number of hydrogen-bond acceptors (Lipinski definition) is 2. The van der Waals surface area contributed by atoms with Crippen molar-refractivity contribution in [2.24, 2.45) is 0 Å². The molecule has 0 atom stereocenters. The summed E-state index contributed by atoms with van der Waals surface area (Å²) in [6, 6.07) is 6.37. The number of hydrogen-bond donors (Lipinski definition) is 1. The van der Waals surface area contributed by atoms with Gasteiger partial charge in [-0.3, -0.25) is 0 Å². The number of anilines is 1. The van der Waals surface area contributed by atoms with Gasteiger partial charge in [-0.05, 0) is 31.9 Å². The molecule has 0 aromatic heterocycles. The second-order valence-corrected chi connectivity index (χ2v) is 5.09. The number of aliphatic hydroxyl groups excluding tert-OH is 1. The second-order valence-electron chi connectivity index (χ2n) is 4.66. The third kappa shape index (κ3) is 2.75. The van der Waals surface area contributed by atoms with Crippen LogP contribution in [0.1, 0.15) is 38.2 Å². The van der Waals surface area contributed by atoms with Crippen LogP contribution < -0.4 is 4.90 Å². The molecular weight excluding hydrogens is 234 g/mol. The molecule has 1 N–H and O–H groups in total. The third-order valence-corrected chi connectivity index (χ3v) is 3.87. The first-order valence-electron chi connectivity index (χ1n) is 6.42. The summed E-state index contributed by atoms with van der Waals surface area (Å²) in [4.78, 5) is 2.39. The molecule has 0 amide bonds. The Morgan fingerprint density at radius 2 is 2.06 bits per heavy atom. The molecule has 0 spiro atoms. The number of benzene rings is 1. The number of aliphatic hydroxyl groups is 1. The standard InChI is InChI=1S/C14H20ClNO/c1-2-16(13-5-3-4-6-13)14-9-12(15)8-7-11(14)10-17/h7-9,13,17H,2-6,10H2,1H3. The third-order valence-electron chi connectivity index (χ3n) is 3.63. The van der Waals surface area contributed by atoms with E-state index in [1.165, 1.54) is 25.7 Å². The summed E-state index contributed by atoms with van der Waals surface area (Å²) in [7, 11) is 0. The minimum atomic E-state index is 0.0791. The van der Waals surface area contributed by atoms with Gasteiger partial charge in [0.15, 0.2) is 0 Å². The molecule has 2 nitrogen and oxygen atoms in total. The predicted octanol–water partition coefficient (Wildman–Crippen LogP) is 3.60. The van der Waals surface area contributed by atoms with Crippen molar-refractivity contribution < 1.29 is 5.11 Å². The van der Waals surface area contributed by atoms with Crippen molar-refractivity contribution in [3.63, 3.8) is 0 Å². The summed E-state index contributed by atoms with van der Waals surface area (Å²) in [6.07, 6.45) is 5.14. The van der Waals surface area contributed by atoms with Crippen molar-refractivity contribution in [2.45, 2.75) is 45.3 Å². The van der Waals surface area contributed by atoms with E-state index in [0.717, 1.165) is 22.8 Å². The Hall–Kier alpha value is -0.730. The Bertz CT molecular complexity index is 374. The number of nitrogens with zero attached hydrogens (tertiary/aromatic N) is 1. The van der Waals surface area contributed by atoms with Gasteiger partial charge in [0.2, 0.25) is 0 Å². The van der Waals surface area contributed by atoms with Crippen LogP contribution in [-0.2, 0) is 6.61 Å². The lowest BCUT2D eigenvalue weighted by Gasteiger charge is -2.31. The van der Waals surface area contributed by atoms with Gasteiger partial charge in [0, 0.05) is 28.9 Å². The van der Waals surface area contributed by atoms with Gasteiger partial charge in [-0.15, -0.1) is 0 Å².